The summed E-state index contributed by atoms with van der Waals surface area (Å²) in [4.78, 5) is 34.0. The molecule has 1 amide bonds. The Hall–Kier alpha value is -2.73. The number of Topliss-reactive ketones (excluding diaryl/α,β-unsaturated/α-hetero) is 1. The van der Waals surface area contributed by atoms with E-state index in [0.29, 0.717) is 5.69 Å². The first-order valence-electron chi connectivity index (χ1n) is 6.27. The Labute approximate surface area is 130 Å². The number of para-hydroxylation sites is 1. The number of nitro benzene ring substituents is 1. The van der Waals surface area contributed by atoms with Crippen LogP contribution in [0.1, 0.15) is 10.4 Å². The van der Waals surface area contributed by atoms with Crippen LogP contribution < -0.4 is 5.32 Å². The van der Waals surface area contributed by atoms with E-state index in [2.05, 4.69) is 5.32 Å². The number of nitrogens with one attached hydrogen (secondary N) is 1. The molecule has 0 aliphatic carbocycles. The maximum absolute atomic E-state index is 12.1. The minimum absolute atomic E-state index is 0.133. The number of anilines is 1. The third-order valence-corrected chi connectivity index (χ3v) is 3.26. The largest absolute Gasteiger partial charge is 0.324 e. The van der Waals surface area contributed by atoms with Crippen LogP contribution >= 0.6 is 11.6 Å². The van der Waals surface area contributed by atoms with Crippen molar-refractivity contribution in [3.8, 4) is 0 Å². The smallest absolute Gasteiger partial charge is 0.269 e. The highest BCUT2D eigenvalue weighted by atomic mass is 35.5. The zero-order valence-electron chi connectivity index (χ0n) is 11.2. The van der Waals surface area contributed by atoms with Gasteiger partial charge in [-0.1, -0.05) is 18.2 Å². The lowest BCUT2D eigenvalue weighted by Crippen LogP contribution is -2.30. The maximum atomic E-state index is 12.1. The summed E-state index contributed by atoms with van der Waals surface area (Å²) in [6, 6.07) is 13.5. The van der Waals surface area contributed by atoms with Crippen molar-refractivity contribution in [3.05, 3.63) is 70.3 Å². The molecule has 0 aliphatic rings. The van der Waals surface area contributed by atoms with Gasteiger partial charge in [-0.3, -0.25) is 19.7 Å². The Bertz CT molecular complexity index is 701. The number of benzene rings is 2. The lowest BCUT2D eigenvalue weighted by molar-refractivity contribution is -0.384. The van der Waals surface area contributed by atoms with Crippen LogP contribution in [0.15, 0.2) is 54.6 Å². The first-order chi connectivity index (χ1) is 10.5. The van der Waals surface area contributed by atoms with Crippen LogP contribution in [0, 0.1) is 10.1 Å². The molecule has 0 unspecified atom stereocenters. The highest BCUT2D eigenvalue weighted by molar-refractivity contribution is 6.45. The maximum Gasteiger partial charge on any atom is 0.269 e. The number of carbonyl (C=O) groups is 2. The quantitative estimate of drug-likeness (QED) is 0.302. The molecule has 0 fully saturated rings. The summed E-state index contributed by atoms with van der Waals surface area (Å²) in [6.45, 7) is 0. The monoisotopic (exact) mass is 318 g/mol. The molecule has 0 aliphatic heterocycles. The van der Waals surface area contributed by atoms with Gasteiger partial charge in [0, 0.05) is 23.4 Å². The van der Waals surface area contributed by atoms with Gasteiger partial charge < -0.3 is 5.32 Å². The van der Waals surface area contributed by atoms with Gasteiger partial charge in [0.1, 0.15) is 0 Å². The second-order valence-electron chi connectivity index (χ2n) is 4.39. The predicted molar refractivity (Wildman–Crippen MR) is 82.1 cm³/mol. The number of non-ortho nitro benzene ring substituents is 1. The van der Waals surface area contributed by atoms with Crippen molar-refractivity contribution in [2.45, 2.75) is 5.38 Å². The average molecular weight is 319 g/mol. The molecule has 0 bridgehead atoms. The van der Waals surface area contributed by atoms with E-state index < -0.39 is 22.0 Å². The summed E-state index contributed by atoms with van der Waals surface area (Å²) in [5.74, 6) is -1.28. The van der Waals surface area contributed by atoms with E-state index >= 15 is 0 Å². The van der Waals surface area contributed by atoms with E-state index in [9.17, 15) is 19.7 Å². The van der Waals surface area contributed by atoms with Gasteiger partial charge in [-0.05, 0) is 24.3 Å². The molecule has 0 saturated carbocycles. The summed E-state index contributed by atoms with van der Waals surface area (Å²) in [5, 5.41) is 11.7. The number of rotatable bonds is 5. The molecule has 0 radical (unpaired) electrons. The summed E-state index contributed by atoms with van der Waals surface area (Å²) < 4.78 is 0. The molecule has 0 heterocycles. The van der Waals surface area contributed by atoms with E-state index in [-0.39, 0.29) is 11.3 Å². The van der Waals surface area contributed by atoms with Gasteiger partial charge in [0.15, 0.2) is 11.2 Å². The van der Waals surface area contributed by atoms with Crippen LogP contribution in [0.2, 0.25) is 0 Å². The van der Waals surface area contributed by atoms with Crippen LogP contribution in [-0.4, -0.2) is 22.0 Å². The lowest BCUT2D eigenvalue weighted by Gasteiger charge is -2.09. The number of carbonyl (C=O) groups excluding carboxylic acids is 2. The van der Waals surface area contributed by atoms with Crippen molar-refractivity contribution in [1.82, 2.24) is 0 Å². The first kappa shape index (κ1) is 15.7. The molecular formula is C15H11ClN2O4. The van der Waals surface area contributed by atoms with Crippen molar-refractivity contribution in [2.75, 3.05) is 5.32 Å². The summed E-state index contributed by atoms with van der Waals surface area (Å²) in [6.07, 6.45) is 0. The molecule has 7 heteroatoms. The van der Waals surface area contributed by atoms with E-state index in [0.717, 1.165) is 0 Å². The number of nitrogens with zero attached hydrogens (tertiary/aromatic N) is 1. The van der Waals surface area contributed by atoms with Gasteiger partial charge >= 0.3 is 0 Å². The molecule has 112 valence electrons. The van der Waals surface area contributed by atoms with Crippen molar-refractivity contribution in [3.63, 3.8) is 0 Å². The van der Waals surface area contributed by atoms with Crippen molar-refractivity contribution < 1.29 is 14.5 Å². The highest BCUT2D eigenvalue weighted by Gasteiger charge is 2.25. The molecule has 0 spiro atoms. The fourth-order valence-corrected chi connectivity index (χ4v) is 1.92. The molecule has 2 rings (SSSR count). The number of hydrogen-bond acceptors (Lipinski definition) is 4. The molecule has 2 aromatic carbocycles. The van der Waals surface area contributed by atoms with Crippen LogP contribution in [0.3, 0.4) is 0 Å². The number of halogens is 1. The standard InChI is InChI=1S/C15H11ClN2O4/c16-13(15(20)17-11-4-2-1-3-5-11)14(19)10-6-8-12(9-7-10)18(21)22/h1-9,13H,(H,17,20)/t13-/m0/s1. The van der Waals surface area contributed by atoms with E-state index in [1.807, 2.05) is 0 Å². The Morgan fingerprint density at radius 3 is 2.18 bits per heavy atom. The molecule has 6 nitrogen and oxygen atoms in total. The highest BCUT2D eigenvalue weighted by Crippen LogP contribution is 2.16. The average Bonchev–Trinajstić information content (AvgIpc) is 2.54. The Balaban J connectivity index is 2.08. The minimum atomic E-state index is -1.42. The Morgan fingerprint density at radius 1 is 1.05 bits per heavy atom. The van der Waals surface area contributed by atoms with Gasteiger partial charge in [-0.2, -0.15) is 0 Å². The summed E-state index contributed by atoms with van der Waals surface area (Å²) in [7, 11) is 0. The van der Waals surface area contributed by atoms with Gasteiger partial charge in [0.05, 0.1) is 4.92 Å². The zero-order chi connectivity index (χ0) is 16.1. The molecule has 1 N–H and O–H groups in total. The lowest BCUT2D eigenvalue weighted by atomic mass is 10.1. The predicted octanol–water partition coefficient (Wildman–Crippen LogP) is 3.02. The van der Waals surface area contributed by atoms with Crippen LogP contribution in [-0.2, 0) is 4.79 Å². The topological polar surface area (TPSA) is 89.3 Å². The van der Waals surface area contributed by atoms with Crippen LogP contribution in [0.5, 0.6) is 0 Å². The number of amides is 1. The molecule has 1 atom stereocenters. The normalized spacial score (nSPS) is 11.5. The SMILES string of the molecule is O=C(Nc1ccccc1)[C@@H](Cl)C(=O)c1ccc([N+](=O)[O-])cc1. The Kier molecular flexibility index (Phi) is 4.85. The summed E-state index contributed by atoms with van der Waals surface area (Å²) >= 11 is 5.87. The van der Waals surface area contributed by atoms with E-state index in [1.165, 1.54) is 24.3 Å². The molecule has 0 aromatic heterocycles. The van der Waals surface area contributed by atoms with Crippen molar-refractivity contribution >= 4 is 34.7 Å². The van der Waals surface area contributed by atoms with Crippen molar-refractivity contribution in [1.29, 1.82) is 0 Å². The second kappa shape index (κ2) is 6.82. The van der Waals surface area contributed by atoms with Gasteiger partial charge in [0.2, 0.25) is 5.91 Å². The third-order valence-electron chi connectivity index (χ3n) is 2.86. The number of nitro groups is 1. The number of hydrogen-bond donors (Lipinski definition) is 1. The van der Waals surface area contributed by atoms with Crippen molar-refractivity contribution in [2.24, 2.45) is 0 Å². The molecule has 0 saturated heterocycles. The number of ketones is 1. The second-order valence-corrected chi connectivity index (χ2v) is 4.82. The fraction of sp³-hybridized carbons (Fsp3) is 0.0667. The minimum Gasteiger partial charge on any atom is -0.324 e. The first-order valence-corrected chi connectivity index (χ1v) is 6.71. The van der Waals surface area contributed by atoms with Gasteiger partial charge in [-0.25, -0.2) is 0 Å². The van der Waals surface area contributed by atoms with Gasteiger partial charge in [0.25, 0.3) is 5.69 Å². The van der Waals surface area contributed by atoms with Crippen LogP contribution in [0.25, 0.3) is 0 Å². The summed E-state index contributed by atoms with van der Waals surface area (Å²) in [5.41, 5.74) is 0.514. The number of alkyl halides is 1. The zero-order valence-corrected chi connectivity index (χ0v) is 12.0. The molecule has 2 aromatic rings. The van der Waals surface area contributed by atoms with Gasteiger partial charge in [-0.15, -0.1) is 11.6 Å². The third kappa shape index (κ3) is 3.67. The fourth-order valence-electron chi connectivity index (χ4n) is 1.74. The Morgan fingerprint density at radius 2 is 1.64 bits per heavy atom. The van der Waals surface area contributed by atoms with E-state index in [1.54, 1.807) is 30.3 Å². The van der Waals surface area contributed by atoms with Crippen LogP contribution in [0.4, 0.5) is 11.4 Å². The molecule has 22 heavy (non-hydrogen) atoms. The van der Waals surface area contributed by atoms with E-state index in [4.69, 9.17) is 11.6 Å². The molecular weight excluding hydrogens is 308 g/mol.